The summed E-state index contributed by atoms with van der Waals surface area (Å²) in [5, 5.41) is 13.5. The van der Waals surface area contributed by atoms with Gasteiger partial charge in [-0.15, -0.1) is 0 Å². The molecule has 0 atom stereocenters. The number of aryl methyl sites for hydroxylation is 1. The zero-order valence-corrected chi connectivity index (χ0v) is 11.0. The van der Waals surface area contributed by atoms with Crippen LogP contribution >= 0.6 is 0 Å². The summed E-state index contributed by atoms with van der Waals surface area (Å²) >= 11 is 0. The molecule has 0 aromatic carbocycles. The van der Waals surface area contributed by atoms with Gasteiger partial charge in [0.1, 0.15) is 11.5 Å². The van der Waals surface area contributed by atoms with Crippen LogP contribution in [0.5, 0.6) is 0 Å². The van der Waals surface area contributed by atoms with Gasteiger partial charge in [0.2, 0.25) is 0 Å². The number of amides is 1. The maximum absolute atomic E-state index is 12.1. The summed E-state index contributed by atoms with van der Waals surface area (Å²) in [6.45, 7) is 2.74. The number of carbonyl (C=O) groups excluding carboxylic acids is 1. The van der Waals surface area contributed by atoms with Crippen LogP contribution in [0.3, 0.4) is 0 Å². The summed E-state index contributed by atoms with van der Waals surface area (Å²) in [7, 11) is 0. The van der Waals surface area contributed by atoms with E-state index < -0.39 is 4.92 Å². The Hall–Kier alpha value is -2.64. The first-order valence-electron chi connectivity index (χ1n) is 6.22. The molecule has 0 bridgehead atoms. The first kappa shape index (κ1) is 13.8. The molecule has 0 aliphatic rings. The van der Waals surface area contributed by atoms with Crippen LogP contribution in [0.15, 0.2) is 24.7 Å². The van der Waals surface area contributed by atoms with E-state index in [1.54, 1.807) is 17.0 Å². The Balaban J connectivity index is 2.13. The Labute approximate surface area is 115 Å². The quantitative estimate of drug-likeness (QED) is 0.615. The summed E-state index contributed by atoms with van der Waals surface area (Å²) in [6, 6.07) is 1.28. The van der Waals surface area contributed by atoms with E-state index >= 15 is 0 Å². The first-order valence-corrected chi connectivity index (χ1v) is 6.22. The lowest BCUT2D eigenvalue weighted by molar-refractivity contribution is -0.384. The van der Waals surface area contributed by atoms with Crippen LogP contribution in [-0.2, 0) is 13.1 Å². The number of H-pyrrole nitrogens is 1. The number of rotatable bonds is 6. The molecule has 2 heterocycles. The van der Waals surface area contributed by atoms with E-state index in [-0.39, 0.29) is 23.8 Å². The van der Waals surface area contributed by atoms with Crippen molar-refractivity contribution in [2.45, 2.75) is 26.4 Å². The van der Waals surface area contributed by atoms with Gasteiger partial charge in [0.05, 0.1) is 17.7 Å². The second-order valence-corrected chi connectivity index (χ2v) is 4.25. The fraction of sp³-hybridized carbons (Fsp3) is 0.333. The monoisotopic (exact) mass is 277 g/mol. The molecule has 0 spiro atoms. The molecule has 0 saturated heterocycles. The van der Waals surface area contributed by atoms with Crippen molar-refractivity contribution in [1.82, 2.24) is 19.9 Å². The van der Waals surface area contributed by atoms with Crippen molar-refractivity contribution in [2.75, 3.05) is 0 Å². The van der Waals surface area contributed by atoms with Gasteiger partial charge in [0.15, 0.2) is 0 Å². The SMILES string of the molecule is CCCn1cc([N+](=O)[O-])cc1C(=O)NCc1ncc[nH]1. The molecule has 20 heavy (non-hydrogen) atoms. The average Bonchev–Trinajstić information content (AvgIpc) is 3.05. The largest absolute Gasteiger partial charge is 0.347 e. The molecule has 0 aliphatic carbocycles. The van der Waals surface area contributed by atoms with E-state index in [1.807, 2.05) is 6.92 Å². The predicted molar refractivity (Wildman–Crippen MR) is 71.1 cm³/mol. The van der Waals surface area contributed by atoms with E-state index in [0.717, 1.165) is 6.42 Å². The van der Waals surface area contributed by atoms with Gasteiger partial charge in [-0.05, 0) is 6.42 Å². The Morgan fingerprint density at radius 1 is 1.60 bits per heavy atom. The van der Waals surface area contributed by atoms with Crippen molar-refractivity contribution < 1.29 is 9.72 Å². The number of nitrogens with zero attached hydrogens (tertiary/aromatic N) is 3. The Morgan fingerprint density at radius 3 is 3.00 bits per heavy atom. The minimum Gasteiger partial charge on any atom is -0.347 e. The number of aromatic nitrogens is 3. The minimum atomic E-state index is -0.504. The highest BCUT2D eigenvalue weighted by atomic mass is 16.6. The summed E-state index contributed by atoms with van der Waals surface area (Å²) in [5.41, 5.74) is 0.201. The van der Waals surface area contributed by atoms with Gasteiger partial charge in [-0.25, -0.2) is 4.98 Å². The summed E-state index contributed by atoms with van der Waals surface area (Å²) in [4.78, 5) is 29.2. The fourth-order valence-electron chi connectivity index (χ4n) is 1.86. The van der Waals surface area contributed by atoms with E-state index in [0.29, 0.717) is 12.4 Å². The zero-order chi connectivity index (χ0) is 14.5. The van der Waals surface area contributed by atoms with E-state index in [2.05, 4.69) is 15.3 Å². The number of nitrogens with one attached hydrogen (secondary N) is 2. The second kappa shape index (κ2) is 6.00. The molecule has 2 rings (SSSR count). The third kappa shape index (κ3) is 3.02. The summed E-state index contributed by atoms with van der Waals surface area (Å²) < 4.78 is 1.59. The van der Waals surface area contributed by atoms with E-state index in [9.17, 15) is 14.9 Å². The topological polar surface area (TPSA) is 106 Å². The van der Waals surface area contributed by atoms with Gasteiger partial charge in [0, 0.05) is 25.0 Å². The standard InChI is InChI=1S/C12H15N5O3/c1-2-5-16-8-9(17(19)20)6-10(16)12(18)15-7-11-13-3-4-14-11/h3-4,6,8H,2,5,7H2,1H3,(H,13,14)(H,15,18). The van der Waals surface area contributed by atoms with E-state index in [4.69, 9.17) is 0 Å². The number of nitro groups is 1. The fourth-order valence-corrected chi connectivity index (χ4v) is 1.86. The Kier molecular flexibility index (Phi) is 4.14. The van der Waals surface area contributed by atoms with Crippen molar-refractivity contribution in [3.8, 4) is 0 Å². The van der Waals surface area contributed by atoms with Crippen molar-refractivity contribution in [2.24, 2.45) is 0 Å². The third-order valence-electron chi connectivity index (χ3n) is 2.76. The highest BCUT2D eigenvalue weighted by molar-refractivity contribution is 5.93. The van der Waals surface area contributed by atoms with Crippen molar-refractivity contribution in [3.63, 3.8) is 0 Å². The third-order valence-corrected chi connectivity index (χ3v) is 2.76. The van der Waals surface area contributed by atoms with Crippen molar-refractivity contribution >= 4 is 11.6 Å². The zero-order valence-electron chi connectivity index (χ0n) is 11.0. The van der Waals surface area contributed by atoms with E-state index in [1.165, 1.54) is 12.3 Å². The molecule has 0 radical (unpaired) electrons. The molecule has 1 amide bonds. The number of aromatic amines is 1. The number of hydrogen-bond acceptors (Lipinski definition) is 4. The lowest BCUT2D eigenvalue weighted by atomic mass is 10.3. The molecule has 0 saturated carbocycles. The van der Waals surface area contributed by atoms with Crippen LogP contribution in [0.1, 0.15) is 29.7 Å². The average molecular weight is 277 g/mol. The highest BCUT2D eigenvalue weighted by Gasteiger charge is 2.18. The predicted octanol–water partition coefficient (Wildman–Crippen LogP) is 1.46. The van der Waals surface area contributed by atoms with Crippen LogP contribution < -0.4 is 5.32 Å². The summed E-state index contributed by atoms with van der Waals surface area (Å²) in [6.07, 6.45) is 5.41. The van der Waals surface area contributed by atoms with Gasteiger partial charge in [-0.3, -0.25) is 14.9 Å². The molecule has 0 aliphatic heterocycles. The lowest BCUT2D eigenvalue weighted by Gasteiger charge is -2.07. The highest BCUT2D eigenvalue weighted by Crippen LogP contribution is 2.17. The molecule has 0 fully saturated rings. The molecule has 2 N–H and O–H groups in total. The smallest absolute Gasteiger partial charge is 0.287 e. The van der Waals surface area contributed by atoms with Crippen LogP contribution in [0, 0.1) is 10.1 Å². The van der Waals surface area contributed by atoms with Gasteiger partial charge in [-0.2, -0.15) is 0 Å². The lowest BCUT2D eigenvalue weighted by Crippen LogP contribution is -2.25. The van der Waals surface area contributed by atoms with Crippen molar-refractivity contribution in [1.29, 1.82) is 0 Å². The Bertz CT molecular complexity index is 603. The van der Waals surface area contributed by atoms with Gasteiger partial charge < -0.3 is 14.9 Å². The van der Waals surface area contributed by atoms with Gasteiger partial charge in [-0.1, -0.05) is 6.92 Å². The molecule has 2 aromatic rings. The van der Waals surface area contributed by atoms with Gasteiger partial charge >= 0.3 is 0 Å². The molecular formula is C12H15N5O3. The normalized spacial score (nSPS) is 10.4. The second-order valence-electron chi connectivity index (χ2n) is 4.25. The summed E-state index contributed by atoms with van der Waals surface area (Å²) in [5.74, 6) is 0.268. The van der Waals surface area contributed by atoms with Crippen LogP contribution in [0.4, 0.5) is 5.69 Å². The van der Waals surface area contributed by atoms with Crippen LogP contribution in [0.25, 0.3) is 0 Å². The first-order chi connectivity index (χ1) is 9.61. The minimum absolute atomic E-state index is 0.0819. The number of imidazole rings is 1. The number of hydrogen-bond donors (Lipinski definition) is 2. The molecule has 106 valence electrons. The molecule has 8 nitrogen and oxygen atoms in total. The molecule has 0 unspecified atom stereocenters. The van der Waals surface area contributed by atoms with Crippen molar-refractivity contribution in [3.05, 3.63) is 46.3 Å². The maximum atomic E-state index is 12.1. The Morgan fingerprint density at radius 2 is 2.40 bits per heavy atom. The number of carbonyl (C=O) groups is 1. The van der Waals surface area contributed by atoms with Gasteiger partial charge in [0.25, 0.3) is 11.6 Å². The molecular weight excluding hydrogens is 262 g/mol. The molecule has 2 aromatic heterocycles. The maximum Gasteiger partial charge on any atom is 0.287 e. The van der Waals surface area contributed by atoms with Crippen LogP contribution in [0.2, 0.25) is 0 Å². The van der Waals surface area contributed by atoms with Crippen LogP contribution in [-0.4, -0.2) is 25.4 Å². The molecule has 8 heteroatoms.